The minimum atomic E-state index is -4.33. The lowest BCUT2D eigenvalue weighted by Gasteiger charge is -2.12. The van der Waals surface area contributed by atoms with Gasteiger partial charge in [0.2, 0.25) is 5.95 Å². The van der Waals surface area contributed by atoms with Crippen LogP contribution in [0.3, 0.4) is 0 Å². The molecular weight excluding hydrogens is 448 g/mol. The van der Waals surface area contributed by atoms with E-state index in [0.717, 1.165) is 22.9 Å². The van der Waals surface area contributed by atoms with Crippen molar-refractivity contribution < 1.29 is 27.1 Å². The van der Waals surface area contributed by atoms with Gasteiger partial charge in [-0.2, -0.15) is 16.2 Å². The Morgan fingerprint density at radius 2 is 2.00 bits per heavy atom. The first-order valence-corrected chi connectivity index (χ1v) is 11.8. The van der Waals surface area contributed by atoms with Crippen LogP contribution in [0, 0.1) is 11.8 Å². The molecule has 164 valence electrons. The largest absolute Gasteiger partial charge is 0.465 e. The van der Waals surface area contributed by atoms with Crippen LogP contribution in [-0.2, 0) is 22.3 Å². The summed E-state index contributed by atoms with van der Waals surface area (Å²) < 4.78 is 57.2. The van der Waals surface area contributed by atoms with Gasteiger partial charge in [0.25, 0.3) is 10.0 Å². The molecule has 0 saturated heterocycles. The van der Waals surface area contributed by atoms with E-state index in [-0.39, 0.29) is 16.0 Å². The molecule has 1 N–H and O–H groups in total. The van der Waals surface area contributed by atoms with E-state index in [4.69, 9.17) is 5.11 Å². The standard InChI is InChI=1S/C20H19F2N3O4S2/c1-24(20(26)27)10-14-11-25(18(17(14)21)16-7-4-8-23-19(16)22)31(28,29)15-6-3-5-13(9-15)12-30-2/h3-9,11H,10,12H2,1-2H3,(H,26,27). The Hall–Kier alpha value is -2.92. The zero-order valence-electron chi connectivity index (χ0n) is 16.6. The van der Waals surface area contributed by atoms with Gasteiger partial charge in [-0.3, -0.25) is 0 Å². The van der Waals surface area contributed by atoms with Gasteiger partial charge in [0.1, 0.15) is 5.69 Å². The molecular formula is C20H19F2N3O4S2. The smallest absolute Gasteiger partial charge is 0.407 e. The molecule has 3 rings (SSSR count). The maximum atomic E-state index is 15.3. The van der Waals surface area contributed by atoms with Gasteiger partial charge in [0.05, 0.1) is 17.0 Å². The van der Waals surface area contributed by atoms with Crippen LogP contribution in [-0.4, -0.2) is 46.8 Å². The molecule has 11 heteroatoms. The van der Waals surface area contributed by atoms with Crippen LogP contribution in [0.15, 0.2) is 53.7 Å². The number of hydrogen-bond acceptors (Lipinski definition) is 5. The molecule has 3 aromatic rings. The number of pyridine rings is 1. The summed E-state index contributed by atoms with van der Waals surface area (Å²) in [5.74, 6) is -1.52. The van der Waals surface area contributed by atoms with Crippen molar-refractivity contribution in [2.45, 2.75) is 17.2 Å². The molecule has 0 atom stereocenters. The molecule has 0 saturated carbocycles. The lowest BCUT2D eigenvalue weighted by Crippen LogP contribution is -2.24. The van der Waals surface area contributed by atoms with Crippen molar-refractivity contribution in [1.82, 2.24) is 13.9 Å². The van der Waals surface area contributed by atoms with E-state index >= 15 is 4.39 Å². The van der Waals surface area contributed by atoms with E-state index in [1.807, 2.05) is 6.26 Å². The molecule has 0 fully saturated rings. The third-order valence-electron chi connectivity index (χ3n) is 4.50. The predicted octanol–water partition coefficient (Wildman–Crippen LogP) is 4.04. The highest BCUT2D eigenvalue weighted by Gasteiger charge is 2.29. The molecule has 0 unspecified atom stereocenters. The van der Waals surface area contributed by atoms with Crippen LogP contribution in [0.4, 0.5) is 13.6 Å². The van der Waals surface area contributed by atoms with Gasteiger partial charge in [0, 0.05) is 30.8 Å². The van der Waals surface area contributed by atoms with Gasteiger partial charge < -0.3 is 10.0 Å². The number of carbonyl (C=O) groups is 1. The number of amides is 1. The molecule has 2 aromatic heterocycles. The predicted molar refractivity (Wildman–Crippen MR) is 113 cm³/mol. The highest BCUT2D eigenvalue weighted by molar-refractivity contribution is 7.97. The van der Waals surface area contributed by atoms with Gasteiger partial charge in [-0.25, -0.2) is 26.6 Å². The Balaban J connectivity index is 2.24. The molecule has 0 aliphatic rings. The maximum Gasteiger partial charge on any atom is 0.407 e. The Bertz CT molecular complexity index is 1230. The monoisotopic (exact) mass is 467 g/mol. The normalized spacial score (nSPS) is 11.5. The minimum absolute atomic E-state index is 0.0993. The summed E-state index contributed by atoms with van der Waals surface area (Å²) in [5, 5.41) is 9.10. The van der Waals surface area contributed by atoms with Gasteiger partial charge in [-0.1, -0.05) is 12.1 Å². The van der Waals surface area contributed by atoms with E-state index in [1.165, 1.54) is 43.1 Å². The van der Waals surface area contributed by atoms with Crippen molar-refractivity contribution in [3.63, 3.8) is 0 Å². The second kappa shape index (κ2) is 9.06. The van der Waals surface area contributed by atoms with E-state index < -0.39 is 40.1 Å². The zero-order chi connectivity index (χ0) is 22.8. The molecule has 1 aromatic carbocycles. The summed E-state index contributed by atoms with van der Waals surface area (Å²) in [6.07, 6.45) is 2.68. The van der Waals surface area contributed by atoms with Crippen LogP contribution >= 0.6 is 11.8 Å². The summed E-state index contributed by atoms with van der Waals surface area (Å²) >= 11 is 1.51. The van der Waals surface area contributed by atoms with Crippen molar-refractivity contribution in [2.24, 2.45) is 0 Å². The van der Waals surface area contributed by atoms with Gasteiger partial charge in [-0.05, 0) is 36.1 Å². The molecule has 1 amide bonds. The molecule has 0 aliphatic heterocycles. The summed E-state index contributed by atoms with van der Waals surface area (Å²) in [6.45, 7) is -0.426. The Kier molecular flexibility index (Phi) is 6.65. The fraction of sp³-hybridized carbons (Fsp3) is 0.200. The zero-order valence-corrected chi connectivity index (χ0v) is 18.3. The van der Waals surface area contributed by atoms with Crippen LogP contribution in [0.5, 0.6) is 0 Å². The summed E-state index contributed by atoms with van der Waals surface area (Å²) in [4.78, 5) is 15.3. The fourth-order valence-corrected chi connectivity index (χ4v) is 4.99. The van der Waals surface area contributed by atoms with Crippen LogP contribution < -0.4 is 0 Å². The average molecular weight is 468 g/mol. The van der Waals surface area contributed by atoms with Crippen molar-refractivity contribution in [3.05, 3.63) is 71.7 Å². The number of hydrogen-bond donors (Lipinski definition) is 1. The topological polar surface area (TPSA) is 92.5 Å². The first kappa shape index (κ1) is 22.8. The van der Waals surface area contributed by atoms with E-state index in [9.17, 15) is 17.6 Å². The molecule has 31 heavy (non-hydrogen) atoms. The van der Waals surface area contributed by atoms with Crippen molar-refractivity contribution in [3.8, 4) is 11.3 Å². The molecule has 0 aliphatic carbocycles. The quantitative estimate of drug-likeness (QED) is 0.528. The second-order valence-electron chi connectivity index (χ2n) is 6.68. The van der Waals surface area contributed by atoms with Crippen LogP contribution in [0.2, 0.25) is 0 Å². The fourth-order valence-electron chi connectivity index (χ4n) is 3.01. The SMILES string of the molecule is CSCc1cccc(S(=O)(=O)n2cc(CN(C)C(=O)O)c(F)c2-c2cccnc2F)c1. The number of benzene rings is 1. The number of thioether (sulfide) groups is 1. The van der Waals surface area contributed by atoms with E-state index in [2.05, 4.69) is 4.98 Å². The highest BCUT2D eigenvalue weighted by atomic mass is 32.2. The molecule has 0 radical (unpaired) electrons. The number of nitrogens with zero attached hydrogens (tertiary/aromatic N) is 3. The van der Waals surface area contributed by atoms with Gasteiger partial charge in [-0.15, -0.1) is 0 Å². The summed E-state index contributed by atoms with van der Waals surface area (Å²) in [7, 11) is -3.11. The Morgan fingerprint density at radius 3 is 2.65 bits per heavy atom. The number of halogens is 2. The van der Waals surface area contributed by atoms with E-state index in [0.29, 0.717) is 9.73 Å². The van der Waals surface area contributed by atoms with Crippen LogP contribution in [0.25, 0.3) is 11.3 Å². The number of carboxylic acid groups (broad SMARTS) is 1. The Labute approximate surface area is 182 Å². The first-order chi connectivity index (χ1) is 14.7. The summed E-state index contributed by atoms with van der Waals surface area (Å²) in [5.41, 5.74) is -0.365. The Morgan fingerprint density at radius 1 is 1.26 bits per heavy atom. The third-order valence-corrected chi connectivity index (χ3v) is 6.78. The van der Waals surface area contributed by atoms with Crippen molar-refractivity contribution in [1.29, 1.82) is 0 Å². The molecule has 7 nitrogen and oxygen atoms in total. The highest BCUT2D eigenvalue weighted by Crippen LogP contribution is 2.32. The van der Waals surface area contributed by atoms with Crippen molar-refractivity contribution in [2.75, 3.05) is 13.3 Å². The van der Waals surface area contributed by atoms with Crippen molar-refractivity contribution >= 4 is 27.9 Å². The molecule has 2 heterocycles. The summed E-state index contributed by atoms with van der Waals surface area (Å²) in [6, 6.07) is 8.73. The van der Waals surface area contributed by atoms with Crippen LogP contribution in [0.1, 0.15) is 11.1 Å². The third kappa shape index (κ3) is 4.57. The average Bonchev–Trinajstić information content (AvgIpc) is 3.05. The molecule has 0 spiro atoms. The lowest BCUT2D eigenvalue weighted by molar-refractivity contribution is 0.153. The maximum absolute atomic E-state index is 15.3. The number of aromatic nitrogens is 2. The lowest BCUT2D eigenvalue weighted by atomic mass is 10.2. The van der Waals surface area contributed by atoms with E-state index in [1.54, 1.807) is 12.1 Å². The second-order valence-corrected chi connectivity index (χ2v) is 9.36. The molecule has 0 bridgehead atoms. The van der Waals surface area contributed by atoms with Gasteiger partial charge in [0.15, 0.2) is 5.82 Å². The first-order valence-electron chi connectivity index (χ1n) is 8.95. The number of rotatable bonds is 7. The van der Waals surface area contributed by atoms with Gasteiger partial charge >= 0.3 is 6.09 Å². The minimum Gasteiger partial charge on any atom is -0.465 e.